The lowest BCUT2D eigenvalue weighted by Gasteiger charge is -2.22. The van der Waals surface area contributed by atoms with Crippen LogP contribution in [-0.4, -0.2) is 23.2 Å². The molecule has 1 aromatic heterocycles. The number of pyridine rings is 1. The molecule has 1 aromatic rings. The lowest BCUT2D eigenvalue weighted by Crippen LogP contribution is -2.27. The van der Waals surface area contributed by atoms with Crippen LogP contribution in [0.15, 0.2) is 18.3 Å². The van der Waals surface area contributed by atoms with Gasteiger partial charge >= 0.3 is 0 Å². The van der Waals surface area contributed by atoms with Crippen molar-refractivity contribution in [2.24, 2.45) is 0 Å². The van der Waals surface area contributed by atoms with Crippen molar-refractivity contribution in [2.75, 3.05) is 13.1 Å². The predicted octanol–water partition coefficient (Wildman–Crippen LogP) is 1.04. The first-order chi connectivity index (χ1) is 6.90. The smallest absolute Gasteiger partial charge is 0.0683 e. The SMILES string of the molecule is OCc1ccnc(C2CCNCC2)c1. The second-order valence-electron chi connectivity index (χ2n) is 3.77. The van der Waals surface area contributed by atoms with Crippen LogP contribution in [0.25, 0.3) is 0 Å². The number of piperidine rings is 1. The minimum atomic E-state index is 0.112. The van der Waals surface area contributed by atoms with Crippen molar-refractivity contribution in [3.8, 4) is 0 Å². The van der Waals surface area contributed by atoms with Gasteiger partial charge in [-0.15, -0.1) is 0 Å². The summed E-state index contributed by atoms with van der Waals surface area (Å²) in [6, 6.07) is 3.89. The number of nitrogens with one attached hydrogen (secondary N) is 1. The first kappa shape index (κ1) is 9.62. The van der Waals surface area contributed by atoms with Gasteiger partial charge in [0.2, 0.25) is 0 Å². The van der Waals surface area contributed by atoms with Gasteiger partial charge in [0.05, 0.1) is 6.61 Å². The van der Waals surface area contributed by atoms with Crippen LogP contribution in [0.4, 0.5) is 0 Å². The standard InChI is InChI=1S/C11H16N2O/c14-8-9-1-6-13-11(7-9)10-2-4-12-5-3-10/h1,6-7,10,12,14H,2-5,8H2. The molecule has 0 bridgehead atoms. The van der Waals surface area contributed by atoms with Crippen LogP contribution in [0.3, 0.4) is 0 Å². The molecule has 0 aromatic carbocycles. The summed E-state index contributed by atoms with van der Waals surface area (Å²) in [5, 5.41) is 12.4. The van der Waals surface area contributed by atoms with Crippen molar-refractivity contribution in [2.45, 2.75) is 25.4 Å². The first-order valence-electron chi connectivity index (χ1n) is 5.16. The molecule has 1 aliphatic rings. The highest BCUT2D eigenvalue weighted by atomic mass is 16.3. The molecule has 2 heterocycles. The van der Waals surface area contributed by atoms with Gasteiger partial charge in [-0.3, -0.25) is 4.98 Å². The third-order valence-corrected chi connectivity index (χ3v) is 2.79. The van der Waals surface area contributed by atoms with Crippen LogP contribution < -0.4 is 5.32 Å². The van der Waals surface area contributed by atoms with Gasteiger partial charge < -0.3 is 10.4 Å². The van der Waals surface area contributed by atoms with Gasteiger partial charge in [-0.2, -0.15) is 0 Å². The highest BCUT2D eigenvalue weighted by molar-refractivity contribution is 5.19. The molecular formula is C11H16N2O. The Labute approximate surface area is 84.2 Å². The van der Waals surface area contributed by atoms with Crippen molar-refractivity contribution < 1.29 is 5.11 Å². The molecule has 3 nitrogen and oxygen atoms in total. The predicted molar refractivity (Wildman–Crippen MR) is 55.0 cm³/mol. The maximum atomic E-state index is 9.02. The summed E-state index contributed by atoms with van der Waals surface area (Å²) in [7, 11) is 0. The fraction of sp³-hybridized carbons (Fsp3) is 0.545. The average molecular weight is 192 g/mol. The summed E-state index contributed by atoms with van der Waals surface area (Å²) in [5.41, 5.74) is 2.10. The maximum absolute atomic E-state index is 9.02. The highest BCUT2D eigenvalue weighted by Gasteiger charge is 2.16. The van der Waals surface area contributed by atoms with E-state index in [1.54, 1.807) is 6.20 Å². The summed E-state index contributed by atoms with van der Waals surface area (Å²) in [6.07, 6.45) is 4.10. The lowest BCUT2D eigenvalue weighted by molar-refractivity contribution is 0.281. The number of nitrogens with zero attached hydrogens (tertiary/aromatic N) is 1. The zero-order chi connectivity index (χ0) is 9.80. The van der Waals surface area contributed by atoms with Crippen LogP contribution in [0.2, 0.25) is 0 Å². The molecule has 0 saturated carbocycles. The largest absolute Gasteiger partial charge is 0.392 e. The third-order valence-electron chi connectivity index (χ3n) is 2.79. The molecule has 0 aliphatic carbocycles. The van der Waals surface area contributed by atoms with Gasteiger partial charge in [0, 0.05) is 17.8 Å². The number of rotatable bonds is 2. The Morgan fingerprint density at radius 2 is 2.21 bits per heavy atom. The van der Waals surface area contributed by atoms with E-state index in [9.17, 15) is 0 Å². The van der Waals surface area contributed by atoms with Crippen LogP contribution >= 0.6 is 0 Å². The van der Waals surface area contributed by atoms with Crippen LogP contribution in [0, 0.1) is 0 Å². The summed E-state index contributed by atoms with van der Waals surface area (Å²) in [6.45, 7) is 2.27. The maximum Gasteiger partial charge on any atom is 0.0683 e. The molecular weight excluding hydrogens is 176 g/mol. The van der Waals surface area contributed by atoms with Crippen LogP contribution in [0.5, 0.6) is 0 Å². The van der Waals surface area contributed by atoms with Crippen LogP contribution in [-0.2, 0) is 6.61 Å². The monoisotopic (exact) mass is 192 g/mol. The Balaban J connectivity index is 2.13. The number of aliphatic hydroxyl groups is 1. The topological polar surface area (TPSA) is 45.2 Å². The molecule has 3 heteroatoms. The minimum Gasteiger partial charge on any atom is -0.392 e. The first-order valence-corrected chi connectivity index (χ1v) is 5.16. The van der Waals surface area contributed by atoms with E-state index < -0.39 is 0 Å². The third kappa shape index (κ3) is 2.11. The van der Waals surface area contributed by atoms with Crippen molar-refractivity contribution in [1.82, 2.24) is 10.3 Å². The lowest BCUT2D eigenvalue weighted by atomic mass is 9.93. The van der Waals surface area contributed by atoms with Crippen molar-refractivity contribution in [3.63, 3.8) is 0 Å². The van der Waals surface area contributed by atoms with Crippen molar-refractivity contribution in [3.05, 3.63) is 29.6 Å². The molecule has 76 valence electrons. The number of aromatic nitrogens is 1. The van der Waals surface area contributed by atoms with E-state index in [1.165, 1.54) is 0 Å². The van der Waals surface area contributed by atoms with E-state index >= 15 is 0 Å². The van der Waals surface area contributed by atoms with E-state index in [-0.39, 0.29) is 6.61 Å². The fourth-order valence-corrected chi connectivity index (χ4v) is 1.93. The Morgan fingerprint density at radius 1 is 1.43 bits per heavy atom. The number of hydrogen-bond acceptors (Lipinski definition) is 3. The van der Waals surface area contributed by atoms with Gasteiger partial charge in [0.1, 0.15) is 0 Å². The molecule has 14 heavy (non-hydrogen) atoms. The Morgan fingerprint density at radius 3 is 2.93 bits per heavy atom. The fourth-order valence-electron chi connectivity index (χ4n) is 1.93. The molecule has 2 N–H and O–H groups in total. The molecule has 1 saturated heterocycles. The molecule has 0 atom stereocenters. The summed E-state index contributed by atoms with van der Waals surface area (Å²) in [4.78, 5) is 4.37. The van der Waals surface area contributed by atoms with Gasteiger partial charge in [0.25, 0.3) is 0 Å². The van der Waals surface area contributed by atoms with Gasteiger partial charge in [0.15, 0.2) is 0 Å². The van der Waals surface area contributed by atoms with E-state index in [2.05, 4.69) is 10.3 Å². The molecule has 0 spiro atoms. The van der Waals surface area contributed by atoms with E-state index in [0.717, 1.165) is 37.2 Å². The minimum absolute atomic E-state index is 0.112. The number of aliphatic hydroxyl groups excluding tert-OH is 1. The van der Waals surface area contributed by atoms with E-state index in [4.69, 9.17) is 5.11 Å². The summed E-state index contributed by atoms with van der Waals surface area (Å²) >= 11 is 0. The molecule has 0 radical (unpaired) electrons. The molecule has 1 aliphatic heterocycles. The average Bonchev–Trinajstić information content (AvgIpc) is 2.30. The molecule has 1 fully saturated rings. The Kier molecular flexibility index (Phi) is 3.11. The van der Waals surface area contributed by atoms with Gasteiger partial charge in [-0.25, -0.2) is 0 Å². The zero-order valence-corrected chi connectivity index (χ0v) is 8.24. The van der Waals surface area contributed by atoms with Crippen LogP contribution in [0.1, 0.15) is 30.0 Å². The highest BCUT2D eigenvalue weighted by Crippen LogP contribution is 2.23. The quantitative estimate of drug-likeness (QED) is 0.736. The molecule has 0 amide bonds. The van der Waals surface area contributed by atoms with Gasteiger partial charge in [-0.05, 0) is 43.6 Å². The van der Waals surface area contributed by atoms with Gasteiger partial charge in [-0.1, -0.05) is 0 Å². The second-order valence-corrected chi connectivity index (χ2v) is 3.77. The molecule has 2 rings (SSSR count). The Hall–Kier alpha value is -0.930. The Bertz CT molecular complexity index is 295. The normalized spacial score (nSPS) is 18.4. The van der Waals surface area contributed by atoms with Crippen molar-refractivity contribution >= 4 is 0 Å². The molecule has 0 unspecified atom stereocenters. The summed E-state index contributed by atoms with van der Waals surface area (Å²) < 4.78 is 0. The van der Waals surface area contributed by atoms with Crippen molar-refractivity contribution in [1.29, 1.82) is 0 Å². The van der Waals surface area contributed by atoms with E-state index in [1.807, 2.05) is 12.1 Å². The van der Waals surface area contributed by atoms with E-state index in [0.29, 0.717) is 5.92 Å². The zero-order valence-electron chi connectivity index (χ0n) is 8.24. The number of hydrogen-bond donors (Lipinski definition) is 2. The second kappa shape index (κ2) is 4.53. The summed E-state index contributed by atoms with van der Waals surface area (Å²) in [5.74, 6) is 0.572.